The second kappa shape index (κ2) is 8.33. The van der Waals surface area contributed by atoms with Crippen molar-refractivity contribution in [3.05, 3.63) is 45.8 Å². The van der Waals surface area contributed by atoms with Crippen LogP contribution in [0.1, 0.15) is 65.0 Å². The highest BCUT2D eigenvalue weighted by Crippen LogP contribution is 2.35. The topological polar surface area (TPSA) is 68.1 Å². The van der Waals surface area contributed by atoms with E-state index in [1.807, 2.05) is 0 Å². The molecule has 1 heterocycles. The largest absolute Gasteiger partial charge is 0.493 e. The van der Waals surface area contributed by atoms with E-state index in [2.05, 4.69) is 69.9 Å². The Labute approximate surface area is 159 Å². The lowest BCUT2D eigenvalue weighted by Gasteiger charge is -2.26. The molecule has 0 atom stereocenters. The number of rotatable bonds is 7. The Morgan fingerprint density at radius 2 is 1.88 bits per heavy atom. The van der Waals surface area contributed by atoms with Crippen molar-refractivity contribution >= 4 is 11.8 Å². The molecule has 0 aliphatic carbocycles. The van der Waals surface area contributed by atoms with Gasteiger partial charge in [0.2, 0.25) is 5.89 Å². The third kappa shape index (κ3) is 5.94. The third-order valence-corrected chi connectivity index (χ3v) is 5.08. The van der Waals surface area contributed by atoms with Crippen molar-refractivity contribution in [2.45, 2.75) is 64.5 Å². The number of hydrogen-bond donors (Lipinski definition) is 1. The summed E-state index contributed by atoms with van der Waals surface area (Å²) in [6, 6.07) is 6.59. The molecule has 0 spiro atoms. The van der Waals surface area contributed by atoms with Crippen molar-refractivity contribution in [1.82, 2.24) is 10.2 Å². The summed E-state index contributed by atoms with van der Waals surface area (Å²) >= 11 is 1.68. The van der Waals surface area contributed by atoms with Gasteiger partial charge in [0.1, 0.15) is 5.75 Å². The molecular weight excluding hydrogens is 348 g/mol. The van der Waals surface area contributed by atoms with Gasteiger partial charge in [-0.1, -0.05) is 53.7 Å². The standard InChI is InChI=1S/C20H30N2O3S/c1-19(2,3)14-8-9-15(20(4,5)6)16(12-14)24-10-7-11-26-13-17-21-22-18(23)25-17/h8-9,12H,7,10-11,13H2,1-6H3,(H,22,23). The zero-order valence-corrected chi connectivity index (χ0v) is 17.5. The summed E-state index contributed by atoms with van der Waals surface area (Å²) in [6.07, 6.45) is 0.919. The monoisotopic (exact) mass is 378 g/mol. The molecule has 5 nitrogen and oxygen atoms in total. The molecule has 0 fully saturated rings. The average Bonchev–Trinajstić information content (AvgIpc) is 2.94. The number of H-pyrrole nitrogens is 1. The summed E-state index contributed by atoms with van der Waals surface area (Å²) < 4.78 is 11.0. The first-order chi connectivity index (χ1) is 12.1. The highest BCUT2D eigenvalue weighted by atomic mass is 32.2. The molecule has 6 heteroatoms. The predicted octanol–water partition coefficient (Wildman–Crippen LogP) is 4.66. The van der Waals surface area contributed by atoms with Crippen LogP contribution in [0, 0.1) is 0 Å². The van der Waals surface area contributed by atoms with E-state index in [0.717, 1.165) is 17.9 Å². The minimum absolute atomic E-state index is 0.0397. The van der Waals surface area contributed by atoms with Crippen LogP contribution >= 0.6 is 11.8 Å². The molecular formula is C20H30N2O3S. The molecule has 2 aromatic rings. The quantitative estimate of drug-likeness (QED) is 0.710. The van der Waals surface area contributed by atoms with E-state index in [0.29, 0.717) is 18.3 Å². The normalized spacial score (nSPS) is 12.4. The molecule has 1 aromatic carbocycles. The molecule has 0 saturated heterocycles. The van der Waals surface area contributed by atoms with Crippen LogP contribution in [0.15, 0.2) is 27.4 Å². The number of nitrogens with one attached hydrogen (secondary N) is 1. The summed E-state index contributed by atoms with van der Waals surface area (Å²) in [7, 11) is 0. The van der Waals surface area contributed by atoms with Crippen molar-refractivity contribution < 1.29 is 9.15 Å². The first kappa shape index (κ1) is 20.6. The Morgan fingerprint density at radius 1 is 1.15 bits per heavy atom. The Morgan fingerprint density at radius 3 is 2.46 bits per heavy atom. The Bertz CT molecular complexity index is 766. The van der Waals surface area contributed by atoms with Crippen LogP contribution < -0.4 is 10.5 Å². The molecule has 2 rings (SSSR count). The minimum atomic E-state index is -0.502. The Kier molecular flexibility index (Phi) is 6.61. The lowest BCUT2D eigenvalue weighted by atomic mass is 9.81. The maximum Gasteiger partial charge on any atom is 0.434 e. The van der Waals surface area contributed by atoms with Gasteiger partial charge in [-0.05, 0) is 40.2 Å². The van der Waals surface area contributed by atoms with Crippen LogP contribution in [-0.2, 0) is 16.6 Å². The van der Waals surface area contributed by atoms with Crippen molar-refractivity contribution in [3.63, 3.8) is 0 Å². The molecule has 144 valence electrons. The maximum absolute atomic E-state index is 10.9. The number of aromatic nitrogens is 2. The molecule has 0 aliphatic rings. The molecule has 0 bridgehead atoms. The average molecular weight is 379 g/mol. The molecule has 1 aromatic heterocycles. The fraction of sp³-hybridized carbons (Fsp3) is 0.600. The van der Waals surface area contributed by atoms with Crippen LogP contribution in [0.25, 0.3) is 0 Å². The predicted molar refractivity (Wildman–Crippen MR) is 107 cm³/mol. The molecule has 0 saturated carbocycles. The van der Waals surface area contributed by atoms with Crippen LogP contribution in [0.2, 0.25) is 0 Å². The van der Waals surface area contributed by atoms with Crippen molar-refractivity contribution in [3.8, 4) is 5.75 Å². The summed E-state index contributed by atoms with van der Waals surface area (Å²) in [6.45, 7) is 13.9. The van der Waals surface area contributed by atoms with E-state index in [-0.39, 0.29) is 10.8 Å². The van der Waals surface area contributed by atoms with Crippen molar-refractivity contribution in [2.24, 2.45) is 0 Å². The first-order valence-corrected chi connectivity index (χ1v) is 10.1. The number of ether oxygens (including phenoxy) is 1. The fourth-order valence-corrected chi connectivity index (χ4v) is 3.32. The fourth-order valence-electron chi connectivity index (χ4n) is 2.55. The third-order valence-electron chi connectivity index (χ3n) is 4.05. The van der Waals surface area contributed by atoms with Gasteiger partial charge in [0.25, 0.3) is 0 Å². The smallest absolute Gasteiger partial charge is 0.434 e. The van der Waals surface area contributed by atoms with Gasteiger partial charge in [-0.2, -0.15) is 11.8 Å². The van der Waals surface area contributed by atoms with Crippen LogP contribution in [0.4, 0.5) is 0 Å². The SMILES string of the molecule is CC(C)(C)c1ccc(C(C)(C)C)c(OCCCSCc2n[nH]c(=O)o2)c1. The van der Waals surface area contributed by atoms with Crippen molar-refractivity contribution in [2.75, 3.05) is 12.4 Å². The van der Waals surface area contributed by atoms with Gasteiger partial charge in [0.05, 0.1) is 12.4 Å². The van der Waals surface area contributed by atoms with Gasteiger partial charge in [0.15, 0.2) is 0 Å². The van der Waals surface area contributed by atoms with E-state index in [9.17, 15) is 4.79 Å². The van der Waals surface area contributed by atoms with Crippen LogP contribution in [-0.4, -0.2) is 22.6 Å². The highest BCUT2D eigenvalue weighted by molar-refractivity contribution is 7.98. The van der Waals surface area contributed by atoms with E-state index >= 15 is 0 Å². The van der Waals surface area contributed by atoms with Crippen LogP contribution in [0.5, 0.6) is 5.75 Å². The lowest BCUT2D eigenvalue weighted by Crippen LogP contribution is -2.17. The van der Waals surface area contributed by atoms with Gasteiger partial charge >= 0.3 is 5.76 Å². The Hall–Kier alpha value is -1.69. The van der Waals surface area contributed by atoms with Crippen molar-refractivity contribution in [1.29, 1.82) is 0 Å². The summed E-state index contributed by atoms with van der Waals surface area (Å²) in [4.78, 5) is 10.9. The lowest BCUT2D eigenvalue weighted by molar-refractivity contribution is 0.309. The highest BCUT2D eigenvalue weighted by Gasteiger charge is 2.22. The van der Waals surface area contributed by atoms with Gasteiger partial charge in [-0.15, -0.1) is 5.10 Å². The summed E-state index contributed by atoms with van der Waals surface area (Å²) in [5.74, 6) is 2.42. The molecule has 0 amide bonds. The molecule has 0 radical (unpaired) electrons. The second-order valence-electron chi connectivity index (χ2n) is 8.47. The molecule has 1 N–H and O–H groups in total. The van der Waals surface area contributed by atoms with E-state index in [4.69, 9.17) is 9.15 Å². The number of aromatic amines is 1. The van der Waals surface area contributed by atoms with E-state index in [1.165, 1.54) is 11.1 Å². The maximum atomic E-state index is 10.9. The van der Waals surface area contributed by atoms with Crippen LogP contribution in [0.3, 0.4) is 0 Å². The second-order valence-corrected chi connectivity index (χ2v) is 9.58. The van der Waals surface area contributed by atoms with E-state index in [1.54, 1.807) is 11.8 Å². The molecule has 0 aliphatic heterocycles. The summed E-state index contributed by atoms with van der Waals surface area (Å²) in [5, 5.41) is 6.07. The van der Waals surface area contributed by atoms with Gasteiger partial charge in [-0.25, -0.2) is 9.89 Å². The van der Waals surface area contributed by atoms with Gasteiger partial charge in [-0.3, -0.25) is 0 Å². The minimum Gasteiger partial charge on any atom is -0.493 e. The zero-order valence-electron chi connectivity index (χ0n) is 16.6. The molecule has 26 heavy (non-hydrogen) atoms. The Balaban J connectivity index is 1.91. The first-order valence-electron chi connectivity index (χ1n) is 8.97. The van der Waals surface area contributed by atoms with Gasteiger partial charge in [0, 0.05) is 0 Å². The molecule has 0 unspecified atom stereocenters. The zero-order chi connectivity index (χ0) is 19.4. The number of nitrogens with zero attached hydrogens (tertiary/aromatic N) is 1. The van der Waals surface area contributed by atoms with E-state index < -0.39 is 5.76 Å². The summed E-state index contributed by atoms with van der Waals surface area (Å²) in [5.41, 5.74) is 2.65. The van der Waals surface area contributed by atoms with Gasteiger partial charge < -0.3 is 9.15 Å². The number of hydrogen-bond acceptors (Lipinski definition) is 5. The number of benzene rings is 1. The number of thioether (sulfide) groups is 1.